The third kappa shape index (κ3) is 4.91. The van der Waals surface area contributed by atoms with Gasteiger partial charge in [-0.2, -0.15) is 0 Å². The van der Waals surface area contributed by atoms with Crippen molar-refractivity contribution in [1.82, 2.24) is 0 Å². The fourth-order valence-corrected chi connectivity index (χ4v) is 2.43. The highest BCUT2D eigenvalue weighted by Crippen LogP contribution is 2.24. The van der Waals surface area contributed by atoms with Gasteiger partial charge in [0.15, 0.2) is 6.61 Å². The number of nitro benzene ring substituents is 1. The Morgan fingerprint density at radius 1 is 1.16 bits per heavy atom. The summed E-state index contributed by atoms with van der Waals surface area (Å²) in [5.41, 5.74) is 0.991. The topological polar surface area (TPSA) is 98.5 Å². The normalized spacial score (nSPS) is 10.2. The smallest absolute Gasteiger partial charge is 0.340 e. The minimum atomic E-state index is -0.870. The van der Waals surface area contributed by atoms with Gasteiger partial charge in [-0.3, -0.25) is 14.9 Å². The Labute approximate surface area is 152 Å². The maximum absolute atomic E-state index is 11.9. The Balaban J connectivity index is 1.97. The number of amides is 1. The number of anilines is 1. The van der Waals surface area contributed by atoms with Crippen molar-refractivity contribution in [2.75, 3.05) is 11.9 Å². The number of carbonyl (C=O) groups excluding carboxylic acids is 2. The molecule has 0 aliphatic carbocycles. The van der Waals surface area contributed by atoms with E-state index >= 15 is 0 Å². The monoisotopic (exact) mass is 382 g/mol. The molecule has 25 heavy (non-hydrogen) atoms. The van der Waals surface area contributed by atoms with Crippen molar-refractivity contribution in [2.24, 2.45) is 0 Å². The lowest BCUT2D eigenvalue weighted by molar-refractivity contribution is -0.384. The number of ether oxygens (including phenoxy) is 1. The molecule has 0 saturated carbocycles. The second kappa shape index (κ2) is 7.96. The summed E-state index contributed by atoms with van der Waals surface area (Å²) in [6, 6.07) is 8.39. The van der Waals surface area contributed by atoms with Gasteiger partial charge in [-0.15, -0.1) is 0 Å². The van der Waals surface area contributed by atoms with Gasteiger partial charge in [-0.1, -0.05) is 29.3 Å². The minimum Gasteiger partial charge on any atom is -0.452 e. The predicted molar refractivity (Wildman–Crippen MR) is 93.2 cm³/mol. The van der Waals surface area contributed by atoms with E-state index in [1.165, 1.54) is 0 Å². The number of hydrogen-bond acceptors (Lipinski definition) is 5. The number of aryl methyl sites for hydroxylation is 1. The molecule has 0 spiro atoms. The van der Waals surface area contributed by atoms with Gasteiger partial charge in [0, 0.05) is 12.1 Å². The van der Waals surface area contributed by atoms with Crippen molar-refractivity contribution >= 4 is 46.5 Å². The molecule has 130 valence electrons. The molecule has 0 radical (unpaired) electrons. The number of carbonyl (C=O) groups is 2. The highest BCUT2D eigenvalue weighted by Gasteiger charge is 2.17. The lowest BCUT2D eigenvalue weighted by Crippen LogP contribution is -2.21. The molecular weight excluding hydrogens is 371 g/mol. The van der Waals surface area contributed by atoms with Crippen molar-refractivity contribution in [3.63, 3.8) is 0 Å². The molecular formula is C16H12Cl2N2O5. The first-order valence-corrected chi connectivity index (χ1v) is 7.70. The van der Waals surface area contributed by atoms with Crippen LogP contribution in [0.4, 0.5) is 11.4 Å². The predicted octanol–water partition coefficient (Wildman–Crippen LogP) is 4.01. The van der Waals surface area contributed by atoms with E-state index in [4.69, 9.17) is 27.9 Å². The van der Waals surface area contributed by atoms with Crippen LogP contribution in [0, 0.1) is 17.0 Å². The molecule has 0 bridgehead atoms. The third-order valence-electron chi connectivity index (χ3n) is 3.12. The second-order valence-electron chi connectivity index (χ2n) is 5.03. The second-order valence-corrected chi connectivity index (χ2v) is 5.84. The molecule has 7 nitrogen and oxygen atoms in total. The summed E-state index contributed by atoms with van der Waals surface area (Å²) in [7, 11) is 0. The molecule has 0 atom stereocenters. The lowest BCUT2D eigenvalue weighted by atomic mass is 10.2. The highest BCUT2D eigenvalue weighted by molar-refractivity contribution is 6.34. The fraction of sp³-hybridized carbons (Fsp3) is 0.125. The molecule has 0 saturated heterocycles. The van der Waals surface area contributed by atoms with Crippen LogP contribution in [0.3, 0.4) is 0 Å². The zero-order valence-corrected chi connectivity index (χ0v) is 14.4. The van der Waals surface area contributed by atoms with E-state index in [0.29, 0.717) is 10.7 Å². The molecule has 2 rings (SSSR count). The van der Waals surface area contributed by atoms with Gasteiger partial charge < -0.3 is 10.1 Å². The van der Waals surface area contributed by atoms with Crippen LogP contribution in [0.15, 0.2) is 36.4 Å². The van der Waals surface area contributed by atoms with Crippen LogP contribution in [0.2, 0.25) is 10.0 Å². The standard InChI is InChI=1S/C16H12Cl2N2O5/c1-9-2-5-14(13(18)6-9)19-15(21)8-25-16(22)11-4-3-10(20(23)24)7-12(11)17/h2-7H,8H2,1H3,(H,19,21). The molecule has 0 unspecified atom stereocenters. The summed E-state index contributed by atoms with van der Waals surface area (Å²) >= 11 is 11.8. The number of esters is 1. The SMILES string of the molecule is Cc1ccc(NC(=O)COC(=O)c2ccc([N+](=O)[O-])cc2Cl)c(Cl)c1. The van der Waals surface area contributed by atoms with Crippen LogP contribution < -0.4 is 5.32 Å². The number of non-ortho nitro benzene ring substituents is 1. The zero-order chi connectivity index (χ0) is 18.6. The number of nitrogens with one attached hydrogen (secondary N) is 1. The zero-order valence-electron chi connectivity index (χ0n) is 12.9. The van der Waals surface area contributed by atoms with E-state index in [2.05, 4.69) is 5.32 Å². The summed E-state index contributed by atoms with van der Waals surface area (Å²) in [6.07, 6.45) is 0. The van der Waals surface area contributed by atoms with E-state index in [0.717, 1.165) is 23.8 Å². The first-order chi connectivity index (χ1) is 11.8. The number of nitro groups is 1. The minimum absolute atomic E-state index is 0.0755. The van der Waals surface area contributed by atoms with Crippen LogP contribution >= 0.6 is 23.2 Å². The van der Waals surface area contributed by atoms with E-state index in [1.54, 1.807) is 18.2 Å². The summed E-state index contributed by atoms with van der Waals surface area (Å²) in [4.78, 5) is 33.8. The number of hydrogen-bond donors (Lipinski definition) is 1. The number of rotatable bonds is 5. The Morgan fingerprint density at radius 3 is 2.48 bits per heavy atom. The molecule has 0 aliphatic heterocycles. The van der Waals surface area contributed by atoms with E-state index < -0.39 is 23.4 Å². The largest absolute Gasteiger partial charge is 0.452 e. The van der Waals surface area contributed by atoms with Crippen LogP contribution in [-0.4, -0.2) is 23.4 Å². The fourth-order valence-electron chi connectivity index (χ4n) is 1.90. The molecule has 9 heteroatoms. The van der Waals surface area contributed by atoms with Crippen molar-refractivity contribution in [2.45, 2.75) is 6.92 Å². The van der Waals surface area contributed by atoms with Gasteiger partial charge in [-0.25, -0.2) is 4.79 Å². The average molecular weight is 383 g/mol. The van der Waals surface area contributed by atoms with Crippen LogP contribution in [0.25, 0.3) is 0 Å². The van der Waals surface area contributed by atoms with Gasteiger partial charge >= 0.3 is 5.97 Å². The first-order valence-electron chi connectivity index (χ1n) is 6.95. The summed E-state index contributed by atoms with van der Waals surface area (Å²) < 4.78 is 4.86. The quantitative estimate of drug-likeness (QED) is 0.478. The van der Waals surface area contributed by atoms with Gasteiger partial charge in [0.25, 0.3) is 11.6 Å². The van der Waals surface area contributed by atoms with Crippen molar-refractivity contribution in [3.05, 3.63) is 67.7 Å². The van der Waals surface area contributed by atoms with Gasteiger partial charge in [0.2, 0.25) is 0 Å². The molecule has 0 aliphatic rings. The van der Waals surface area contributed by atoms with Crippen LogP contribution in [-0.2, 0) is 9.53 Å². The Hall–Kier alpha value is -2.64. The van der Waals surface area contributed by atoms with E-state index in [1.807, 2.05) is 6.92 Å². The van der Waals surface area contributed by atoms with Gasteiger partial charge in [-0.05, 0) is 30.7 Å². The third-order valence-corrected chi connectivity index (χ3v) is 3.74. The maximum atomic E-state index is 11.9. The molecule has 1 amide bonds. The van der Waals surface area contributed by atoms with Crippen molar-refractivity contribution < 1.29 is 19.2 Å². The van der Waals surface area contributed by atoms with Crippen LogP contribution in [0.5, 0.6) is 0 Å². The van der Waals surface area contributed by atoms with Crippen molar-refractivity contribution in [3.8, 4) is 0 Å². The Morgan fingerprint density at radius 2 is 1.88 bits per heavy atom. The first kappa shape index (κ1) is 18.7. The van der Waals surface area contributed by atoms with Gasteiger partial charge in [0.1, 0.15) is 0 Å². The molecule has 0 aromatic heterocycles. The molecule has 2 aromatic rings. The van der Waals surface area contributed by atoms with Gasteiger partial charge in [0.05, 0.1) is 26.2 Å². The summed E-state index contributed by atoms with van der Waals surface area (Å²) in [5.74, 6) is -1.46. The number of nitrogens with zero attached hydrogens (tertiary/aromatic N) is 1. The molecule has 1 N–H and O–H groups in total. The summed E-state index contributed by atoms with van der Waals surface area (Å²) in [6.45, 7) is 1.30. The number of halogens is 2. The molecule has 0 fully saturated rings. The Bertz CT molecular complexity index is 854. The lowest BCUT2D eigenvalue weighted by Gasteiger charge is -2.09. The molecule has 2 aromatic carbocycles. The highest BCUT2D eigenvalue weighted by atomic mass is 35.5. The van der Waals surface area contributed by atoms with Crippen molar-refractivity contribution in [1.29, 1.82) is 0 Å². The molecule has 0 heterocycles. The summed E-state index contributed by atoms with van der Waals surface area (Å²) in [5, 5.41) is 13.4. The van der Waals surface area contributed by atoms with E-state index in [-0.39, 0.29) is 16.3 Å². The Kier molecular flexibility index (Phi) is 5.95. The van der Waals surface area contributed by atoms with Crippen LogP contribution in [0.1, 0.15) is 15.9 Å². The van der Waals surface area contributed by atoms with E-state index in [9.17, 15) is 19.7 Å². The maximum Gasteiger partial charge on any atom is 0.340 e. The number of benzene rings is 2. The average Bonchev–Trinajstić information content (AvgIpc) is 2.55.